The van der Waals surface area contributed by atoms with Crippen LogP contribution in [0.5, 0.6) is 0 Å². The number of amides is 3. The molecular formula is C23H27N5O4. The molecular weight excluding hydrogens is 410 g/mol. The summed E-state index contributed by atoms with van der Waals surface area (Å²) in [6.07, 6.45) is 3.27. The van der Waals surface area contributed by atoms with Gasteiger partial charge in [0.05, 0.1) is 17.1 Å². The molecule has 32 heavy (non-hydrogen) atoms. The molecule has 2 aromatic heterocycles. The highest BCUT2D eigenvalue weighted by Crippen LogP contribution is 2.65. The standard InChI is InChI=1S/C23H27N5O4/c1-23(2)14-10-28(22(32)17-9-16-15(27-17)4-3-6-24-16)19(18(14)23)21(31)26-13(11-29)8-12-5-7-25-20(12)30/h3-4,6,9,11-14,18-19,27H,5,7-8,10H2,1-2H3,(H,25,30)(H,26,31)/t12-,13-,14-,18-,19-/m0/s1. The van der Waals surface area contributed by atoms with Crippen molar-refractivity contribution in [2.24, 2.45) is 23.2 Å². The van der Waals surface area contributed by atoms with Crippen LogP contribution in [0.3, 0.4) is 0 Å². The quantitative estimate of drug-likeness (QED) is 0.579. The first-order chi connectivity index (χ1) is 15.3. The third-order valence-corrected chi connectivity index (χ3v) is 7.55. The summed E-state index contributed by atoms with van der Waals surface area (Å²) in [6.45, 7) is 5.30. The zero-order valence-corrected chi connectivity index (χ0v) is 18.1. The van der Waals surface area contributed by atoms with Crippen LogP contribution < -0.4 is 10.6 Å². The molecule has 1 saturated carbocycles. The summed E-state index contributed by atoms with van der Waals surface area (Å²) in [7, 11) is 0. The number of fused-ring (bicyclic) bond motifs is 2. The molecule has 0 aromatic carbocycles. The van der Waals surface area contributed by atoms with E-state index in [-0.39, 0.29) is 47.3 Å². The number of piperidine rings is 1. The molecule has 2 saturated heterocycles. The van der Waals surface area contributed by atoms with Gasteiger partial charge in [-0.15, -0.1) is 0 Å². The van der Waals surface area contributed by atoms with Crippen LogP contribution in [0.15, 0.2) is 24.4 Å². The molecule has 3 fully saturated rings. The van der Waals surface area contributed by atoms with Crippen molar-refractivity contribution in [3.05, 3.63) is 30.1 Å². The molecule has 0 bridgehead atoms. The molecule has 168 valence electrons. The summed E-state index contributed by atoms with van der Waals surface area (Å²) in [5, 5.41) is 5.56. The van der Waals surface area contributed by atoms with E-state index < -0.39 is 12.1 Å². The average molecular weight is 438 g/mol. The van der Waals surface area contributed by atoms with Gasteiger partial charge in [-0.1, -0.05) is 13.8 Å². The van der Waals surface area contributed by atoms with Gasteiger partial charge in [-0.25, -0.2) is 0 Å². The van der Waals surface area contributed by atoms with Crippen LogP contribution in [0.4, 0.5) is 0 Å². The lowest BCUT2D eigenvalue weighted by molar-refractivity contribution is -0.129. The van der Waals surface area contributed by atoms with Crippen molar-refractivity contribution in [3.63, 3.8) is 0 Å². The molecule has 0 unspecified atom stereocenters. The molecule has 2 aromatic rings. The van der Waals surface area contributed by atoms with Crippen molar-refractivity contribution >= 4 is 35.0 Å². The Kier molecular flexibility index (Phi) is 4.79. The zero-order valence-electron chi connectivity index (χ0n) is 18.1. The zero-order chi connectivity index (χ0) is 22.6. The second-order valence-corrected chi connectivity index (χ2v) is 9.74. The van der Waals surface area contributed by atoms with E-state index in [9.17, 15) is 19.2 Å². The van der Waals surface area contributed by atoms with Gasteiger partial charge in [0.1, 0.15) is 18.0 Å². The molecule has 5 rings (SSSR count). The van der Waals surface area contributed by atoms with Crippen LogP contribution >= 0.6 is 0 Å². The molecule has 3 N–H and O–H groups in total. The SMILES string of the molecule is CC1(C)[C@@H]2[C@@H](C(=O)N[C@H](C=O)C[C@@H]3CCNC3=O)N(C(=O)c3cc4ncccc4[nH]3)C[C@@H]21. The Morgan fingerprint density at radius 3 is 2.91 bits per heavy atom. The molecule has 0 spiro atoms. The summed E-state index contributed by atoms with van der Waals surface area (Å²) < 4.78 is 0. The number of aldehydes is 1. The number of likely N-dealkylation sites (tertiary alicyclic amines) is 1. The van der Waals surface area contributed by atoms with Gasteiger partial charge in [-0.05, 0) is 48.3 Å². The molecule has 0 radical (unpaired) electrons. The maximum atomic E-state index is 13.4. The minimum atomic E-state index is -0.758. The van der Waals surface area contributed by atoms with E-state index >= 15 is 0 Å². The highest BCUT2D eigenvalue weighted by molar-refractivity contribution is 6.00. The lowest BCUT2D eigenvalue weighted by atomic mass is 9.97. The smallest absolute Gasteiger partial charge is 0.271 e. The monoisotopic (exact) mass is 437 g/mol. The normalized spacial score (nSPS) is 28.8. The van der Waals surface area contributed by atoms with Gasteiger partial charge in [0.15, 0.2) is 0 Å². The van der Waals surface area contributed by atoms with Gasteiger partial charge in [0.2, 0.25) is 11.8 Å². The molecule has 5 atom stereocenters. The average Bonchev–Trinajstić information content (AvgIpc) is 3.29. The number of H-pyrrole nitrogens is 1. The van der Waals surface area contributed by atoms with E-state index in [1.54, 1.807) is 23.2 Å². The number of carbonyl (C=O) groups is 4. The second kappa shape index (κ2) is 7.43. The van der Waals surface area contributed by atoms with Crippen molar-refractivity contribution in [2.75, 3.05) is 13.1 Å². The molecule has 1 aliphatic carbocycles. The van der Waals surface area contributed by atoms with Gasteiger partial charge in [0.25, 0.3) is 5.91 Å². The van der Waals surface area contributed by atoms with Crippen molar-refractivity contribution < 1.29 is 19.2 Å². The number of rotatable bonds is 6. The van der Waals surface area contributed by atoms with E-state index in [1.807, 2.05) is 6.07 Å². The minimum absolute atomic E-state index is 0.0380. The van der Waals surface area contributed by atoms with Crippen LogP contribution in [-0.4, -0.2) is 64.0 Å². The van der Waals surface area contributed by atoms with Gasteiger partial charge in [-0.3, -0.25) is 19.4 Å². The lowest BCUT2D eigenvalue weighted by Crippen LogP contribution is -2.52. The van der Waals surface area contributed by atoms with Crippen molar-refractivity contribution in [3.8, 4) is 0 Å². The first kappa shape index (κ1) is 20.7. The third kappa shape index (κ3) is 3.27. The van der Waals surface area contributed by atoms with Crippen LogP contribution in [0, 0.1) is 23.2 Å². The molecule has 2 aliphatic heterocycles. The highest BCUT2D eigenvalue weighted by atomic mass is 16.2. The van der Waals surface area contributed by atoms with Gasteiger partial charge in [-0.2, -0.15) is 0 Å². The number of nitrogens with zero attached hydrogens (tertiary/aromatic N) is 2. The number of hydrogen-bond donors (Lipinski definition) is 3. The van der Waals surface area contributed by atoms with Crippen molar-refractivity contribution in [1.29, 1.82) is 0 Å². The predicted octanol–water partition coefficient (Wildman–Crippen LogP) is 0.869. The number of carbonyl (C=O) groups excluding carboxylic acids is 4. The van der Waals surface area contributed by atoms with Gasteiger partial charge in [0, 0.05) is 25.2 Å². The van der Waals surface area contributed by atoms with E-state index in [4.69, 9.17) is 0 Å². The van der Waals surface area contributed by atoms with Gasteiger partial charge < -0.3 is 25.3 Å². The summed E-state index contributed by atoms with van der Waals surface area (Å²) in [6, 6.07) is 3.94. The van der Waals surface area contributed by atoms with Crippen LogP contribution in [0.25, 0.3) is 11.0 Å². The Balaban J connectivity index is 1.35. The number of aromatic amines is 1. The van der Waals surface area contributed by atoms with E-state index in [0.29, 0.717) is 37.0 Å². The third-order valence-electron chi connectivity index (χ3n) is 7.55. The second-order valence-electron chi connectivity index (χ2n) is 9.74. The summed E-state index contributed by atoms with van der Waals surface area (Å²) in [4.78, 5) is 59.2. The lowest BCUT2D eigenvalue weighted by Gasteiger charge is -2.30. The fraction of sp³-hybridized carbons (Fsp3) is 0.522. The fourth-order valence-electron chi connectivity index (χ4n) is 5.61. The molecule has 9 heteroatoms. The summed E-state index contributed by atoms with van der Waals surface area (Å²) in [5.74, 6) is -0.670. The van der Waals surface area contributed by atoms with Crippen LogP contribution in [0.2, 0.25) is 0 Å². The van der Waals surface area contributed by atoms with Crippen LogP contribution in [0.1, 0.15) is 37.2 Å². The Morgan fingerprint density at radius 1 is 1.41 bits per heavy atom. The minimum Gasteiger partial charge on any atom is -0.356 e. The number of pyridine rings is 1. The van der Waals surface area contributed by atoms with Crippen molar-refractivity contribution in [2.45, 2.75) is 38.8 Å². The highest BCUT2D eigenvalue weighted by Gasteiger charge is 2.69. The van der Waals surface area contributed by atoms with E-state index in [0.717, 1.165) is 5.52 Å². The van der Waals surface area contributed by atoms with Gasteiger partial charge >= 0.3 is 0 Å². The Morgan fingerprint density at radius 2 is 2.22 bits per heavy atom. The molecule has 3 amide bonds. The summed E-state index contributed by atoms with van der Waals surface area (Å²) in [5.41, 5.74) is 1.81. The Labute approximate surface area is 185 Å². The topological polar surface area (TPSA) is 124 Å². The Bertz CT molecular complexity index is 1080. The largest absolute Gasteiger partial charge is 0.356 e. The number of hydrogen-bond acceptors (Lipinski definition) is 5. The summed E-state index contributed by atoms with van der Waals surface area (Å²) >= 11 is 0. The van der Waals surface area contributed by atoms with Crippen molar-refractivity contribution in [1.82, 2.24) is 25.5 Å². The molecule has 3 aliphatic rings. The molecule has 4 heterocycles. The van der Waals surface area contributed by atoms with E-state index in [1.165, 1.54) is 0 Å². The maximum Gasteiger partial charge on any atom is 0.271 e. The predicted molar refractivity (Wildman–Crippen MR) is 115 cm³/mol. The first-order valence-electron chi connectivity index (χ1n) is 11.1. The first-order valence-corrected chi connectivity index (χ1v) is 11.1. The number of aromatic nitrogens is 2. The molecule has 9 nitrogen and oxygen atoms in total. The Hall–Kier alpha value is -3.23. The maximum absolute atomic E-state index is 13.4. The number of nitrogens with one attached hydrogen (secondary N) is 3. The van der Waals surface area contributed by atoms with Crippen LogP contribution in [-0.2, 0) is 14.4 Å². The van der Waals surface area contributed by atoms with E-state index in [2.05, 4.69) is 34.4 Å². The fourth-order valence-corrected chi connectivity index (χ4v) is 5.61.